The number of carbonyl (C=O) groups is 3. The number of ether oxygens (including phenoxy) is 1. The van der Waals surface area contributed by atoms with E-state index in [1.807, 2.05) is 6.07 Å². The van der Waals surface area contributed by atoms with Crippen LogP contribution in [-0.4, -0.2) is 70.4 Å². The molecule has 9 heteroatoms. The Morgan fingerprint density at radius 1 is 1.26 bits per heavy atom. The molecule has 0 bridgehead atoms. The van der Waals surface area contributed by atoms with Gasteiger partial charge in [0.15, 0.2) is 0 Å². The highest BCUT2D eigenvalue weighted by molar-refractivity contribution is 5.85. The van der Waals surface area contributed by atoms with E-state index < -0.39 is 0 Å². The first-order valence-corrected chi connectivity index (χ1v) is 10.5. The first-order chi connectivity index (χ1) is 14.9. The van der Waals surface area contributed by atoms with Gasteiger partial charge in [0.25, 0.3) is 5.56 Å². The zero-order valence-corrected chi connectivity index (χ0v) is 18.0. The van der Waals surface area contributed by atoms with Crippen molar-refractivity contribution in [1.29, 1.82) is 0 Å². The van der Waals surface area contributed by atoms with Crippen molar-refractivity contribution in [2.75, 3.05) is 33.3 Å². The Labute approximate surface area is 180 Å². The zero-order valence-electron chi connectivity index (χ0n) is 18.0. The number of likely N-dealkylation sites (tertiary alicyclic amines) is 1. The summed E-state index contributed by atoms with van der Waals surface area (Å²) in [6, 6.07) is 7.05. The normalized spacial score (nSPS) is 16.2. The summed E-state index contributed by atoms with van der Waals surface area (Å²) in [4.78, 5) is 56.9. The number of likely N-dealkylation sites (N-methyl/N-ethyl adjacent to an activating group) is 1. The molecule has 2 amide bonds. The molecule has 3 rings (SSSR count). The summed E-state index contributed by atoms with van der Waals surface area (Å²) in [5.41, 5.74) is 0.413. The molecule has 166 valence electrons. The Morgan fingerprint density at radius 3 is 2.81 bits per heavy atom. The van der Waals surface area contributed by atoms with E-state index in [1.165, 1.54) is 15.8 Å². The number of amides is 2. The maximum atomic E-state index is 12.6. The van der Waals surface area contributed by atoms with E-state index in [1.54, 1.807) is 37.1 Å². The van der Waals surface area contributed by atoms with Crippen molar-refractivity contribution < 1.29 is 19.1 Å². The monoisotopic (exact) mass is 428 g/mol. The number of rotatable bonds is 7. The lowest BCUT2D eigenvalue weighted by molar-refractivity contribution is -0.152. The second-order valence-electron chi connectivity index (χ2n) is 7.69. The standard InChI is InChI=1S/C22H28N4O5/c1-3-31-22(30)16-7-6-11-25(13-16)20(28)14-24(2)19(27)10-12-26-15-23-18-9-5-4-8-17(18)21(26)29/h4-5,8-9,15-16H,3,6-7,10-14H2,1-2H3. The van der Waals surface area contributed by atoms with Gasteiger partial charge in [0, 0.05) is 33.1 Å². The number of hydrogen-bond acceptors (Lipinski definition) is 6. The maximum absolute atomic E-state index is 12.6. The van der Waals surface area contributed by atoms with Gasteiger partial charge in [-0.3, -0.25) is 23.7 Å². The van der Waals surface area contributed by atoms with Gasteiger partial charge in [-0.25, -0.2) is 4.98 Å². The quantitative estimate of drug-likeness (QED) is 0.611. The number of para-hydroxylation sites is 1. The minimum absolute atomic E-state index is 0.0702. The molecule has 1 aliphatic heterocycles. The van der Waals surface area contributed by atoms with Crippen LogP contribution in [0.2, 0.25) is 0 Å². The third kappa shape index (κ3) is 5.48. The molecular weight excluding hydrogens is 400 g/mol. The molecule has 0 saturated carbocycles. The summed E-state index contributed by atoms with van der Waals surface area (Å²) in [5, 5.41) is 0.502. The highest BCUT2D eigenvalue weighted by atomic mass is 16.5. The van der Waals surface area contributed by atoms with Gasteiger partial charge in [0.2, 0.25) is 11.8 Å². The van der Waals surface area contributed by atoms with Crippen molar-refractivity contribution in [3.8, 4) is 0 Å². The molecule has 1 aromatic heterocycles. The highest BCUT2D eigenvalue weighted by Gasteiger charge is 2.30. The number of carbonyl (C=O) groups excluding carboxylic acids is 3. The Morgan fingerprint density at radius 2 is 2.03 bits per heavy atom. The molecular formula is C22H28N4O5. The van der Waals surface area contributed by atoms with E-state index in [2.05, 4.69) is 4.98 Å². The topological polar surface area (TPSA) is 102 Å². The lowest BCUT2D eigenvalue weighted by Crippen LogP contribution is -2.47. The number of esters is 1. The Balaban J connectivity index is 1.53. The van der Waals surface area contributed by atoms with Gasteiger partial charge in [-0.1, -0.05) is 12.1 Å². The second-order valence-corrected chi connectivity index (χ2v) is 7.69. The predicted octanol–water partition coefficient (Wildman–Crippen LogP) is 1.05. The lowest BCUT2D eigenvalue weighted by Gasteiger charge is -2.32. The predicted molar refractivity (Wildman–Crippen MR) is 114 cm³/mol. The molecule has 2 aromatic rings. The maximum Gasteiger partial charge on any atom is 0.310 e. The van der Waals surface area contributed by atoms with Crippen molar-refractivity contribution >= 4 is 28.7 Å². The molecule has 1 aliphatic rings. The summed E-state index contributed by atoms with van der Waals surface area (Å²) < 4.78 is 6.47. The van der Waals surface area contributed by atoms with Crippen LogP contribution in [0.4, 0.5) is 0 Å². The molecule has 1 fully saturated rings. The van der Waals surface area contributed by atoms with Crippen LogP contribution in [0.15, 0.2) is 35.4 Å². The van der Waals surface area contributed by atoms with Crippen molar-refractivity contribution in [2.45, 2.75) is 32.7 Å². The number of aryl methyl sites for hydroxylation is 1. The second kappa shape index (κ2) is 10.2. The van der Waals surface area contributed by atoms with Crippen LogP contribution in [0.1, 0.15) is 26.2 Å². The summed E-state index contributed by atoms with van der Waals surface area (Å²) in [7, 11) is 1.56. The van der Waals surface area contributed by atoms with E-state index in [9.17, 15) is 19.2 Å². The molecule has 1 unspecified atom stereocenters. The van der Waals surface area contributed by atoms with Crippen LogP contribution in [0, 0.1) is 5.92 Å². The van der Waals surface area contributed by atoms with Crippen LogP contribution >= 0.6 is 0 Å². The molecule has 1 aromatic carbocycles. The van der Waals surface area contributed by atoms with Gasteiger partial charge in [0.1, 0.15) is 0 Å². The fourth-order valence-corrected chi connectivity index (χ4v) is 3.72. The molecule has 0 aliphatic carbocycles. The summed E-state index contributed by atoms with van der Waals surface area (Å²) in [6.07, 6.45) is 2.94. The van der Waals surface area contributed by atoms with Crippen LogP contribution < -0.4 is 5.56 Å². The molecule has 1 saturated heterocycles. The van der Waals surface area contributed by atoms with Gasteiger partial charge in [0.05, 0.1) is 36.3 Å². The average molecular weight is 428 g/mol. The van der Waals surface area contributed by atoms with Gasteiger partial charge in [-0.15, -0.1) is 0 Å². The van der Waals surface area contributed by atoms with Crippen molar-refractivity contribution in [2.24, 2.45) is 5.92 Å². The molecule has 1 atom stereocenters. The van der Waals surface area contributed by atoms with E-state index in [0.717, 1.165) is 6.42 Å². The first-order valence-electron chi connectivity index (χ1n) is 10.5. The summed E-state index contributed by atoms with van der Waals surface area (Å²) in [5.74, 6) is -1.04. The highest BCUT2D eigenvalue weighted by Crippen LogP contribution is 2.18. The molecule has 0 radical (unpaired) electrons. The molecule has 0 spiro atoms. The largest absolute Gasteiger partial charge is 0.466 e. The fourth-order valence-electron chi connectivity index (χ4n) is 3.72. The Bertz CT molecular complexity index is 1020. The fraction of sp³-hybridized carbons (Fsp3) is 0.500. The Hall–Kier alpha value is -3.23. The number of fused-ring (bicyclic) bond motifs is 1. The third-order valence-corrected chi connectivity index (χ3v) is 5.49. The van der Waals surface area contributed by atoms with Gasteiger partial charge in [-0.05, 0) is 31.9 Å². The number of benzene rings is 1. The number of hydrogen-bond donors (Lipinski definition) is 0. The lowest BCUT2D eigenvalue weighted by atomic mass is 9.98. The van der Waals surface area contributed by atoms with Crippen molar-refractivity contribution in [3.05, 3.63) is 40.9 Å². The van der Waals surface area contributed by atoms with Crippen molar-refractivity contribution in [3.63, 3.8) is 0 Å². The van der Waals surface area contributed by atoms with Gasteiger partial charge < -0.3 is 14.5 Å². The van der Waals surface area contributed by atoms with Gasteiger partial charge in [-0.2, -0.15) is 0 Å². The van der Waals surface area contributed by atoms with Crippen molar-refractivity contribution in [1.82, 2.24) is 19.4 Å². The molecule has 2 heterocycles. The van der Waals surface area contributed by atoms with Crippen LogP contribution in [0.5, 0.6) is 0 Å². The van der Waals surface area contributed by atoms with E-state index >= 15 is 0 Å². The molecule has 31 heavy (non-hydrogen) atoms. The van der Waals surface area contributed by atoms with Crippen LogP contribution in [0.25, 0.3) is 10.9 Å². The first kappa shape index (κ1) is 22.5. The third-order valence-electron chi connectivity index (χ3n) is 5.49. The van der Waals surface area contributed by atoms with E-state index in [4.69, 9.17) is 4.74 Å². The van der Waals surface area contributed by atoms with E-state index in [-0.39, 0.29) is 48.8 Å². The SMILES string of the molecule is CCOC(=O)C1CCCN(C(=O)CN(C)C(=O)CCn2cnc3ccccc3c2=O)C1. The molecule has 9 nitrogen and oxygen atoms in total. The zero-order chi connectivity index (χ0) is 22.4. The summed E-state index contributed by atoms with van der Waals surface area (Å²) >= 11 is 0. The smallest absolute Gasteiger partial charge is 0.310 e. The number of piperidine rings is 1. The number of aromatic nitrogens is 2. The molecule has 0 N–H and O–H groups in total. The number of nitrogens with zero attached hydrogens (tertiary/aromatic N) is 4. The Kier molecular flexibility index (Phi) is 7.38. The van der Waals surface area contributed by atoms with E-state index in [0.29, 0.717) is 37.0 Å². The average Bonchev–Trinajstić information content (AvgIpc) is 2.78. The van der Waals surface area contributed by atoms with Crippen LogP contribution in [-0.2, 0) is 25.7 Å². The summed E-state index contributed by atoms with van der Waals surface area (Å²) in [6.45, 7) is 3.07. The van der Waals surface area contributed by atoms with Gasteiger partial charge >= 0.3 is 5.97 Å². The van der Waals surface area contributed by atoms with Crippen LogP contribution in [0.3, 0.4) is 0 Å². The minimum atomic E-state index is -0.314. The minimum Gasteiger partial charge on any atom is -0.466 e.